The van der Waals surface area contributed by atoms with Gasteiger partial charge in [0.1, 0.15) is 0 Å². The molecule has 0 aromatic carbocycles. The van der Waals surface area contributed by atoms with Crippen LogP contribution < -0.4 is 0 Å². The van der Waals surface area contributed by atoms with E-state index in [4.69, 9.17) is 5.11 Å². The quantitative estimate of drug-likeness (QED) is 0.436. The topological polar surface area (TPSA) is 37.3 Å². The first kappa shape index (κ1) is 14.2. The minimum atomic E-state index is -0.838. The number of rotatable bonds is 10. The summed E-state index contributed by atoms with van der Waals surface area (Å²) in [6.45, 7) is 2.23. The van der Waals surface area contributed by atoms with Crippen molar-refractivity contribution in [2.45, 2.75) is 64.7 Å². The Morgan fingerprint density at radius 3 is 2.07 bits per heavy atom. The van der Waals surface area contributed by atoms with Crippen molar-refractivity contribution in [2.24, 2.45) is 0 Å². The standard InChI is InChI=1S/C13H24O2/c1-2-3-4-5-6-7-8-9-10-11-12-13(14)15/h11-12H,2-10H2,1H3,(H,14,15)/b12-11+. The average Bonchev–Trinajstić information content (AvgIpc) is 2.20. The molecule has 0 amide bonds. The minimum Gasteiger partial charge on any atom is -0.478 e. The molecule has 0 unspecified atom stereocenters. The second-order valence-electron chi connectivity index (χ2n) is 4.00. The number of aliphatic carboxylic acids is 1. The van der Waals surface area contributed by atoms with Crippen LogP contribution in [-0.2, 0) is 4.79 Å². The molecule has 0 saturated carbocycles. The second kappa shape index (κ2) is 11.3. The Morgan fingerprint density at radius 2 is 1.53 bits per heavy atom. The van der Waals surface area contributed by atoms with Crippen molar-refractivity contribution in [1.29, 1.82) is 0 Å². The van der Waals surface area contributed by atoms with Crippen LogP contribution in [0, 0.1) is 0 Å². The Kier molecular flexibility index (Phi) is 10.7. The fourth-order valence-corrected chi connectivity index (χ4v) is 1.58. The Morgan fingerprint density at radius 1 is 1.00 bits per heavy atom. The zero-order valence-corrected chi connectivity index (χ0v) is 9.87. The average molecular weight is 212 g/mol. The molecule has 88 valence electrons. The van der Waals surface area contributed by atoms with Gasteiger partial charge in [0.05, 0.1) is 0 Å². The molecule has 0 aromatic heterocycles. The molecule has 0 saturated heterocycles. The van der Waals surface area contributed by atoms with Crippen LogP contribution in [0.3, 0.4) is 0 Å². The minimum absolute atomic E-state index is 0.838. The number of hydrogen-bond donors (Lipinski definition) is 1. The van der Waals surface area contributed by atoms with E-state index in [9.17, 15) is 4.79 Å². The van der Waals surface area contributed by atoms with E-state index in [1.807, 2.05) is 0 Å². The number of allylic oxidation sites excluding steroid dienone is 1. The summed E-state index contributed by atoms with van der Waals surface area (Å²) in [7, 11) is 0. The maximum atomic E-state index is 10.1. The molecule has 0 heterocycles. The lowest BCUT2D eigenvalue weighted by Gasteiger charge is -1.99. The van der Waals surface area contributed by atoms with Gasteiger partial charge in [-0.25, -0.2) is 4.79 Å². The summed E-state index contributed by atoms with van der Waals surface area (Å²) in [5.74, 6) is -0.838. The molecule has 1 N–H and O–H groups in total. The summed E-state index contributed by atoms with van der Waals surface area (Å²) in [6, 6.07) is 0. The van der Waals surface area contributed by atoms with Crippen molar-refractivity contribution in [3.05, 3.63) is 12.2 Å². The highest BCUT2D eigenvalue weighted by molar-refractivity contribution is 5.79. The number of unbranched alkanes of at least 4 members (excludes halogenated alkanes) is 8. The van der Waals surface area contributed by atoms with E-state index in [1.165, 1.54) is 51.0 Å². The van der Waals surface area contributed by atoms with E-state index >= 15 is 0 Å². The predicted molar refractivity (Wildman–Crippen MR) is 64.0 cm³/mol. The van der Waals surface area contributed by atoms with Crippen molar-refractivity contribution in [2.75, 3.05) is 0 Å². The zero-order valence-electron chi connectivity index (χ0n) is 9.87. The molecule has 2 nitrogen and oxygen atoms in total. The highest BCUT2D eigenvalue weighted by Gasteiger charge is 1.90. The van der Waals surface area contributed by atoms with Gasteiger partial charge in [-0.1, -0.05) is 57.9 Å². The molecular weight excluding hydrogens is 188 g/mol. The van der Waals surface area contributed by atoms with Gasteiger partial charge in [0.2, 0.25) is 0 Å². The third-order valence-electron chi connectivity index (χ3n) is 2.48. The number of hydrogen-bond acceptors (Lipinski definition) is 1. The Labute approximate surface area is 93.4 Å². The molecule has 0 atom stereocenters. The zero-order chi connectivity index (χ0) is 11.4. The fourth-order valence-electron chi connectivity index (χ4n) is 1.58. The Hall–Kier alpha value is -0.790. The van der Waals surface area contributed by atoms with E-state index in [0.29, 0.717) is 0 Å². The Balaban J connectivity index is 3.02. The lowest BCUT2D eigenvalue weighted by Crippen LogP contribution is -1.85. The van der Waals surface area contributed by atoms with Crippen LogP contribution in [0.5, 0.6) is 0 Å². The molecular formula is C13H24O2. The lowest BCUT2D eigenvalue weighted by molar-refractivity contribution is -0.131. The molecule has 0 aromatic rings. The number of carboxylic acids is 1. The first-order valence-corrected chi connectivity index (χ1v) is 6.17. The molecule has 0 aliphatic heterocycles. The van der Waals surface area contributed by atoms with Crippen molar-refractivity contribution in [3.63, 3.8) is 0 Å². The number of carbonyl (C=O) groups is 1. The molecule has 2 heteroatoms. The molecule has 0 aliphatic carbocycles. The first-order valence-electron chi connectivity index (χ1n) is 6.17. The summed E-state index contributed by atoms with van der Waals surface area (Å²) < 4.78 is 0. The van der Waals surface area contributed by atoms with Gasteiger partial charge in [0.15, 0.2) is 0 Å². The fraction of sp³-hybridized carbons (Fsp3) is 0.769. The molecule has 0 bridgehead atoms. The van der Waals surface area contributed by atoms with Crippen LogP contribution in [0.2, 0.25) is 0 Å². The van der Waals surface area contributed by atoms with Gasteiger partial charge in [-0.2, -0.15) is 0 Å². The molecule has 0 spiro atoms. The molecule has 0 rings (SSSR count). The van der Waals surface area contributed by atoms with Crippen LogP contribution in [0.1, 0.15) is 64.7 Å². The normalized spacial score (nSPS) is 11.0. The van der Waals surface area contributed by atoms with E-state index in [2.05, 4.69) is 6.92 Å². The lowest BCUT2D eigenvalue weighted by atomic mass is 10.1. The van der Waals surface area contributed by atoms with Crippen molar-refractivity contribution < 1.29 is 9.90 Å². The summed E-state index contributed by atoms with van der Waals surface area (Å²) in [6.07, 6.45) is 14.3. The van der Waals surface area contributed by atoms with Crippen molar-refractivity contribution in [1.82, 2.24) is 0 Å². The van der Waals surface area contributed by atoms with Crippen LogP contribution in [0.25, 0.3) is 0 Å². The van der Waals surface area contributed by atoms with E-state index in [0.717, 1.165) is 12.8 Å². The van der Waals surface area contributed by atoms with Crippen LogP contribution in [-0.4, -0.2) is 11.1 Å². The maximum absolute atomic E-state index is 10.1. The van der Waals surface area contributed by atoms with Gasteiger partial charge in [-0.05, 0) is 12.8 Å². The van der Waals surface area contributed by atoms with Gasteiger partial charge in [-0.3, -0.25) is 0 Å². The first-order chi connectivity index (χ1) is 7.27. The summed E-state index contributed by atoms with van der Waals surface area (Å²) in [5.41, 5.74) is 0. The SMILES string of the molecule is CCCCCCCCCC/C=C/C(=O)O. The van der Waals surface area contributed by atoms with E-state index in [1.54, 1.807) is 6.08 Å². The van der Waals surface area contributed by atoms with Gasteiger partial charge < -0.3 is 5.11 Å². The molecule has 0 radical (unpaired) electrons. The largest absolute Gasteiger partial charge is 0.478 e. The second-order valence-corrected chi connectivity index (χ2v) is 4.00. The smallest absolute Gasteiger partial charge is 0.327 e. The van der Waals surface area contributed by atoms with E-state index in [-0.39, 0.29) is 0 Å². The molecule has 15 heavy (non-hydrogen) atoms. The third kappa shape index (κ3) is 13.2. The van der Waals surface area contributed by atoms with Crippen LogP contribution in [0.4, 0.5) is 0 Å². The van der Waals surface area contributed by atoms with Gasteiger partial charge in [0, 0.05) is 6.08 Å². The van der Waals surface area contributed by atoms with Crippen LogP contribution >= 0.6 is 0 Å². The molecule has 0 aliphatic rings. The van der Waals surface area contributed by atoms with Gasteiger partial charge >= 0.3 is 5.97 Å². The summed E-state index contributed by atoms with van der Waals surface area (Å²) in [4.78, 5) is 10.1. The van der Waals surface area contributed by atoms with Crippen molar-refractivity contribution in [3.8, 4) is 0 Å². The number of carboxylic acid groups (broad SMARTS) is 1. The monoisotopic (exact) mass is 212 g/mol. The highest BCUT2D eigenvalue weighted by Crippen LogP contribution is 2.09. The highest BCUT2D eigenvalue weighted by atomic mass is 16.4. The summed E-state index contributed by atoms with van der Waals surface area (Å²) in [5, 5.41) is 8.35. The summed E-state index contributed by atoms with van der Waals surface area (Å²) >= 11 is 0. The van der Waals surface area contributed by atoms with E-state index < -0.39 is 5.97 Å². The predicted octanol–water partition coefficient (Wildman–Crippen LogP) is 4.16. The van der Waals surface area contributed by atoms with Crippen molar-refractivity contribution >= 4 is 5.97 Å². The van der Waals surface area contributed by atoms with Gasteiger partial charge in [0.25, 0.3) is 0 Å². The maximum Gasteiger partial charge on any atom is 0.327 e. The Bertz CT molecular complexity index is 173. The molecule has 0 fully saturated rings. The van der Waals surface area contributed by atoms with Crippen LogP contribution in [0.15, 0.2) is 12.2 Å². The third-order valence-corrected chi connectivity index (χ3v) is 2.48. The van der Waals surface area contributed by atoms with Gasteiger partial charge in [-0.15, -0.1) is 0 Å².